The Bertz CT molecular complexity index is 472. The van der Waals surface area contributed by atoms with Crippen molar-refractivity contribution >= 4 is 6.09 Å². The fourth-order valence-electron chi connectivity index (χ4n) is 2.16. The normalized spacial score (nSPS) is 14.2. The third-order valence-electron chi connectivity index (χ3n) is 3.61. The van der Waals surface area contributed by atoms with E-state index in [-0.39, 0.29) is 12.4 Å². The Kier molecular flexibility index (Phi) is 6.23. The highest BCUT2D eigenvalue weighted by molar-refractivity contribution is 5.67. The zero-order valence-electron chi connectivity index (χ0n) is 13.8. The molecule has 22 heavy (non-hydrogen) atoms. The minimum absolute atomic E-state index is 0.0415. The summed E-state index contributed by atoms with van der Waals surface area (Å²) in [5.74, 6) is 0.210. The predicted molar refractivity (Wildman–Crippen MR) is 85.9 cm³/mol. The number of carbonyl (C=O) groups is 1. The summed E-state index contributed by atoms with van der Waals surface area (Å²) in [6.45, 7) is 7.69. The number of hydrogen-bond donors (Lipinski definition) is 3. The van der Waals surface area contributed by atoms with Gasteiger partial charge < -0.3 is 20.3 Å². The van der Waals surface area contributed by atoms with E-state index in [1.165, 1.54) is 0 Å². The number of nitrogens with one attached hydrogen (secondary N) is 1. The molecule has 1 atom stereocenters. The molecule has 0 bridgehead atoms. The summed E-state index contributed by atoms with van der Waals surface area (Å²) in [4.78, 5) is 11.8. The van der Waals surface area contributed by atoms with Crippen LogP contribution in [0.5, 0.6) is 5.75 Å². The van der Waals surface area contributed by atoms with Gasteiger partial charge in [0.25, 0.3) is 0 Å². The number of aromatic hydroxyl groups is 1. The number of rotatable bonds is 6. The van der Waals surface area contributed by atoms with E-state index in [9.17, 15) is 15.0 Å². The topological polar surface area (TPSA) is 78.8 Å². The van der Waals surface area contributed by atoms with Crippen molar-refractivity contribution < 1.29 is 19.7 Å². The Hall–Kier alpha value is -1.75. The Morgan fingerprint density at radius 1 is 1.23 bits per heavy atom. The zero-order valence-corrected chi connectivity index (χ0v) is 13.8. The number of amides is 1. The van der Waals surface area contributed by atoms with Crippen LogP contribution >= 0.6 is 0 Å². The molecule has 124 valence electrons. The average molecular weight is 309 g/mol. The van der Waals surface area contributed by atoms with Crippen LogP contribution in [0.2, 0.25) is 0 Å². The van der Waals surface area contributed by atoms with Crippen LogP contribution in [0.4, 0.5) is 4.79 Å². The summed E-state index contributed by atoms with van der Waals surface area (Å²) < 4.78 is 5.22. The summed E-state index contributed by atoms with van der Waals surface area (Å²) in [5.41, 5.74) is 0.00269. The predicted octanol–water partition coefficient (Wildman–Crippen LogP) is 2.85. The fourth-order valence-corrected chi connectivity index (χ4v) is 2.16. The molecule has 1 aromatic rings. The third-order valence-corrected chi connectivity index (χ3v) is 3.61. The van der Waals surface area contributed by atoms with Gasteiger partial charge in [-0.3, -0.25) is 0 Å². The van der Waals surface area contributed by atoms with Gasteiger partial charge in [-0.2, -0.15) is 0 Å². The number of alkyl carbamates (subject to hydrolysis) is 1. The van der Waals surface area contributed by atoms with E-state index in [2.05, 4.69) is 5.32 Å². The van der Waals surface area contributed by atoms with Crippen molar-refractivity contribution in [2.45, 2.75) is 46.1 Å². The molecule has 0 saturated heterocycles. The quantitative estimate of drug-likeness (QED) is 0.755. The molecule has 1 amide bonds. The first-order valence-electron chi connectivity index (χ1n) is 7.55. The Labute approximate surface area is 132 Å². The molecule has 1 unspecified atom stereocenters. The van der Waals surface area contributed by atoms with Crippen molar-refractivity contribution in [2.75, 3.05) is 13.2 Å². The largest absolute Gasteiger partial charge is 0.508 e. The summed E-state index contributed by atoms with van der Waals surface area (Å²) >= 11 is 0. The Morgan fingerprint density at radius 2 is 1.82 bits per heavy atom. The van der Waals surface area contributed by atoms with Gasteiger partial charge in [-0.15, -0.1) is 0 Å². The summed E-state index contributed by atoms with van der Waals surface area (Å²) in [5, 5.41) is 21.9. The van der Waals surface area contributed by atoms with Crippen LogP contribution in [-0.4, -0.2) is 35.1 Å². The molecule has 0 saturated carbocycles. The molecule has 5 nitrogen and oxygen atoms in total. The molecule has 3 N–H and O–H groups in total. The number of ether oxygens (including phenoxy) is 1. The Balaban J connectivity index is 2.70. The van der Waals surface area contributed by atoms with Gasteiger partial charge in [-0.25, -0.2) is 4.79 Å². The average Bonchev–Trinajstić information content (AvgIpc) is 2.44. The summed E-state index contributed by atoms with van der Waals surface area (Å²) in [6.07, 6.45) is 0.834. The van der Waals surface area contributed by atoms with Gasteiger partial charge in [-0.05, 0) is 51.3 Å². The van der Waals surface area contributed by atoms with Crippen LogP contribution in [0.1, 0.15) is 39.7 Å². The van der Waals surface area contributed by atoms with Crippen LogP contribution < -0.4 is 5.32 Å². The molecule has 5 heteroatoms. The van der Waals surface area contributed by atoms with Crippen molar-refractivity contribution in [3.8, 4) is 5.75 Å². The van der Waals surface area contributed by atoms with E-state index in [1.54, 1.807) is 12.1 Å². The molecule has 0 radical (unpaired) electrons. The van der Waals surface area contributed by atoms with E-state index in [1.807, 2.05) is 39.8 Å². The molecular formula is C17H27NO4. The molecule has 0 aliphatic carbocycles. The van der Waals surface area contributed by atoms with Gasteiger partial charge in [0.05, 0.1) is 6.61 Å². The van der Waals surface area contributed by atoms with Gasteiger partial charge in [0.15, 0.2) is 0 Å². The fraction of sp³-hybridized carbons (Fsp3) is 0.588. The minimum Gasteiger partial charge on any atom is -0.508 e. The molecule has 0 fully saturated rings. The highest BCUT2D eigenvalue weighted by Gasteiger charge is 2.29. The lowest BCUT2D eigenvalue weighted by molar-refractivity contribution is 0.0461. The van der Waals surface area contributed by atoms with Gasteiger partial charge in [0, 0.05) is 12.0 Å². The second kappa shape index (κ2) is 7.49. The number of carbonyl (C=O) groups excluding carboxylic acids is 1. The molecule has 0 aliphatic rings. The van der Waals surface area contributed by atoms with E-state index in [0.29, 0.717) is 19.4 Å². The molecule has 1 aromatic carbocycles. The van der Waals surface area contributed by atoms with E-state index in [4.69, 9.17) is 4.74 Å². The maximum absolute atomic E-state index is 11.8. The number of hydrogen-bond acceptors (Lipinski definition) is 4. The van der Waals surface area contributed by atoms with Crippen LogP contribution in [0.15, 0.2) is 24.3 Å². The van der Waals surface area contributed by atoms with Crippen molar-refractivity contribution in [2.24, 2.45) is 5.41 Å². The highest BCUT2D eigenvalue weighted by atomic mass is 16.6. The number of phenols is 1. The van der Waals surface area contributed by atoms with Gasteiger partial charge in [0.1, 0.15) is 11.4 Å². The molecule has 0 aliphatic heterocycles. The minimum atomic E-state index is -0.546. The molecule has 0 heterocycles. The second-order valence-corrected chi connectivity index (χ2v) is 6.71. The van der Waals surface area contributed by atoms with Crippen LogP contribution in [0.25, 0.3) is 0 Å². The summed E-state index contributed by atoms with van der Waals surface area (Å²) in [7, 11) is 0. The van der Waals surface area contributed by atoms with Gasteiger partial charge >= 0.3 is 6.09 Å². The number of benzene rings is 1. The maximum atomic E-state index is 11.8. The molecule has 1 rings (SSSR count). The number of phenolic OH excluding ortho intramolecular Hbond substituents is 1. The summed E-state index contributed by atoms with van der Waals surface area (Å²) in [6, 6.07) is 6.88. The number of aliphatic hydroxyl groups excluding tert-OH is 1. The van der Waals surface area contributed by atoms with Gasteiger partial charge in [0.2, 0.25) is 0 Å². The standard InChI is InChI=1S/C17H27NO4/c1-5-17(12-19,10-13-6-8-14(20)9-7-13)11-18-15(21)22-16(2,3)4/h6-9,19-20H,5,10-12H2,1-4H3,(H,18,21). The smallest absolute Gasteiger partial charge is 0.407 e. The lowest BCUT2D eigenvalue weighted by Gasteiger charge is -2.31. The number of aliphatic hydroxyl groups is 1. The first kappa shape index (κ1) is 18.3. The van der Waals surface area contributed by atoms with Crippen LogP contribution in [0.3, 0.4) is 0 Å². The zero-order chi connectivity index (χ0) is 16.8. The highest BCUT2D eigenvalue weighted by Crippen LogP contribution is 2.27. The first-order chi connectivity index (χ1) is 10.2. The van der Waals surface area contributed by atoms with Crippen LogP contribution in [-0.2, 0) is 11.2 Å². The molecular weight excluding hydrogens is 282 g/mol. The first-order valence-corrected chi connectivity index (χ1v) is 7.55. The van der Waals surface area contributed by atoms with Crippen molar-refractivity contribution in [1.82, 2.24) is 5.32 Å². The lowest BCUT2D eigenvalue weighted by atomic mass is 9.80. The van der Waals surface area contributed by atoms with Crippen LogP contribution in [0, 0.1) is 5.41 Å². The second-order valence-electron chi connectivity index (χ2n) is 6.71. The lowest BCUT2D eigenvalue weighted by Crippen LogP contribution is -2.43. The van der Waals surface area contributed by atoms with Crippen molar-refractivity contribution in [1.29, 1.82) is 0 Å². The molecule has 0 aromatic heterocycles. The van der Waals surface area contributed by atoms with E-state index < -0.39 is 17.1 Å². The maximum Gasteiger partial charge on any atom is 0.407 e. The third kappa shape index (κ3) is 5.93. The van der Waals surface area contributed by atoms with Crippen molar-refractivity contribution in [3.63, 3.8) is 0 Å². The van der Waals surface area contributed by atoms with E-state index >= 15 is 0 Å². The molecule has 0 spiro atoms. The SMILES string of the molecule is CCC(CO)(CNC(=O)OC(C)(C)C)Cc1ccc(O)cc1. The Morgan fingerprint density at radius 3 is 2.27 bits per heavy atom. The van der Waals surface area contributed by atoms with Crippen molar-refractivity contribution in [3.05, 3.63) is 29.8 Å². The van der Waals surface area contributed by atoms with Gasteiger partial charge in [-0.1, -0.05) is 19.1 Å². The monoisotopic (exact) mass is 309 g/mol. The van der Waals surface area contributed by atoms with E-state index in [0.717, 1.165) is 5.56 Å².